The summed E-state index contributed by atoms with van der Waals surface area (Å²) in [7, 11) is 0. The summed E-state index contributed by atoms with van der Waals surface area (Å²) in [5, 5.41) is 0. The molecule has 4 aromatic carbocycles. The van der Waals surface area contributed by atoms with Crippen LogP contribution in [-0.4, -0.2) is 45.6 Å². The van der Waals surface area contributed by atoms with E-state index in [0.717, 1.165) is 46.9 Å². The van der Waals surface area contributed by atoms with Crippen molar-refractivity contribution in [2.24, 2.45) is 0 Å². The molecule has 57 heavy (non-hydrogen) atoms. The molecule has 2 aliphatic carbocycles. The number of carbonyl (C=O) groups is 1. The molecule has 0 N–H and O–H groups in total. The maximum atomic E-state index is 15.2. The third kappa shape index (κ3) is 8.50. The molecule has 1 atom stereocenters. The predicted octanol–water partition coefficient (Wildman–Crippen LogP) is 8.92. The van der Waals surface area contributed by atoms with E-state index in [1.54, 1.807) is 18.2 Å². The average molecular weight is 1120 g/mol. The molecule has 4 aromatic rings. The quantitative estimate of drug-likeness (QED) is 0.0458. The van der Waals surface area contributed by atoms with Gasteiger partial charge in [0.1, 0.15) is 35.5 Å². The third-order valence-corrected chi connectivity index (χ3v) is 11.5. The minimum absolute atomic E-state index is 0. The van der Waals surface area contributed by atoms with E-state index < -0.39 is 23.0 Å². The second-order valence-electron chi connectivity index (χ2n) is 16.7. The molecule has 8 rings (SSSR count). The largest absolute Gasteiger partial charge is 0.525 e. The van der Waals surface area contributed by atoms with Crippen LogP contribution in [0.4, 0.5) is 8.78 Å². The Hall–Kier alpha value is -3.13. The van der Waals surface area contributed by atoms with Crippen LogP contribution in [-0.2, 0) is 79.3 Å². The Morgan fingerprint density at radius 2 is 1.19 bits per heavy atom. The van der Waals surface area contributed by atoms with E-state index in [1.807, 2.05) is 19.9 Å². The van der Waals surface area contributed by atoms with Crippen LogP contribution in [0.1, 0.15) is 89.8 Å². The minimum atomic E-state index is -0.780. The van der Waals surface area contributed by atoms with Gasteiger partial charge < -0.3 is 28.6 Å². The molecule has 2 aliphatic heterocycles. The Kier molecular flexibility index (Phi) is 12.8. The molecule has 1 spiro atoms. The van der Waals surface area contributed by atoms with E-state index in [-0.39, 0.29) is 65.1 Å². The molecule has 0 bridgehead atoms. The van der Waals surface area contributed by atoms with Crippen molar-refractivity contribution in [3.8, 4) is 23.0 Å². The van der Waals surface area contributed by atoms with Gasteiger partial charge in [-0.2, -0.15) is 4.89 Å². The van der Waals surface area contributed by atoms with Gasteiger partial charge >= 0.3 is 5.97 Å². The van der Waals surface area contributed by atoms with Gasteiger partial charge in [0.05, 0.1) is 5.56 Å². The summed E-state index contributed by atoms with van der Waals surface area (Å²) in [5.74, 6) is 1.99. The van der Waals surface area contributed by atoms with Gasteiger partial charge in [0.2, 0.25) is 0 Å². The fourth-order valence-corrected chi connectivity index (χ4v) is 8.60. The molecule has 12 heteroatoms. The smallest absolute Gasteiger partial charge is 0.346 e. The van der Waals surface area contributed by atoms with Crippen LogP contribution in [0.25, 0.3) is 0 Å². The van der Waals surface area contributed by atoms with Crippen molar-refractivity contribution in [1.29, 1.82) is 0 Å². The molecule has 0 saturated carbocycles. The second kappa shape index (κ2) is 16.9. The molecular formula is C45H46F2O8W2-2. The van der Waals surface area contributed by atoms with E-state index in [1.165, 1.54) is 29.3 Å². The van der Waals surface area contributed by atoms with Crippen molar-refractivity contribution in [3.63, 3.8) is 0 Å². The number of hydrogen-bond donors (Lipinski definition) is 0. The Morgan fingerprint density at radius 1 is 0.684 bits per heavy atom. The zero-order valence-electron chi connectivity index (χ0n) is 33.0. The van der Waals surface area contributed by atoms with Crippen LogP contribution < -0.4 is 19.1 Å². The zero-order chi connectivity index (χ0) is 38.7. The summed E-state index contributed by atoms with van der Waals surface area (Å²) in [6, 6.07) is 17.2. The zero-order valence-corrected chi connectivity index (χ0v) is 38.8. The normalized spacial score (nSPS) is 20.0. The van der Waals surface area contributed by atoms with Gasteiger partial charge in [0, 0.05) is 65.2 Å². The Bertz CT molecular complexity index is 2140. The van der Waals surface area contributed by atoms with Crippen LogP contribution in [0.5, 0.6) is 23.0 Å². The third-order valence-electron chi connectivity index (χ3n) is 11.5. The summed E-state index contributed by atoms with van der Waals surface area (Å²) in [4.78, 5) is 25.1. The van der Waals surface area contributed by atoms with Crippen molar-refractivity contribution in [3.05, 3.63) is 129 Å². The number of hydrogen-bond acceptors (Lipinski definition) is 8. The number of ether oxygens (including phenoxy) is 5. The number of rotatable bonds is 12. The summed E-state index contributed by atoms with van der Waals surface area (Å²) >= 11 is 0. The van der Waals surface area contributed by atoms with Crippen molar-refractivity contribution in [2.45, 2.75) is 77.2 Å². The number of halogens is 2. The number of carbonyl (C=O) groups excluding carboxylic acids is 1. The molecule has 2 fully saturated rings. The molecular weight excluding hydrogens is 1070 g/mol. The van der Waals surface area contributed by atoms with Crippen LogP contribution in [0, 0.1) is 37.3 Å². The van der Waals surface area contributed by atoms with Gasteiger partial charge in [0.25, 0.3) is 0 Å². The van der Waals surface area contributed by atoms with Crippen molar-refractivity contribution in [2.75, 3.05) is 39.6 Å². The van der Waals surface area contributed by atoms with Crippen molar-refractivity contribution >= 4 is 5.97 Å². The van der Waals surface area contributed by atoms with Gasteiger partial charge in [-0.15, -0.1) is 0 Å². The molecule has 4 aliphatic rings. The molecule has 1 unspecified atom stereocenters. The number of benzene rings is 4. The monoisotopic (exact) mass is 1120 g/mol. The molecule has 8 nitrogen and oxygen atoms in total. The van der Waals surface area contributed by atoms with E-state index in [0.29, 0.717) is 68.2 Å². The number of esters is 1. The van der Waals surface area contributed by atoms with E-state index in [9.17, 15) is 9.18 Å². The maximum absolute atomic E-state index is 15.2. The fraction of sp³-hybridized carbons (Fsp3) is 0.400. The summed E-state index contributed by atoms with van der Waals surface area (Å²) in [6.07, 6.45) is 1.64. The van der Waals surface area contributed by atoms with Gasteiger partial charge in [-0.05, 0) is 121 Å². The molecule has 302 valence electrons. The first-order valence-corrected chi connectivity index (χ1v) is 18.7. The summed E-state index contributed by atoms with van der Waals surface area (Å²) < 4.78 is 57.8. The Balaban J connectivity index is 0.00000275. The standard InChI is InChI=1S/C45H46F2O8.2W/c1-26-11-34-36(15-40(26)54-42(48)33-10-9-32(14-39(33)47)52-22-29-19-50-20-29)45(24-43(34,3)4)25-44(5,6)35-12-27(2)41(16-37(35)45)55-53-23-30-7-8-31(13-38(30)46)51-21-28-17-49-18-28;;/h7-16H,17-25H2,1-6H3;;/q-2;;. The van der Waals surface area contributed by atoms with Crippen LogP contribution in [0.15, 0.2) is 60.7 Å². The Morgan fingerprint density at radius 3 is 1.70 bits per heavy atom. The first kappa shape index (κ1) is 43.4. The predicted molar refractivity (Wildman–Crippen MR) is 201 cm³/mol. The first-order chi connectivity index (χ1) is 26.2. The molecule has 0 amide bonds. The van der Waals surface area contributed by atoms with E-state index in [2.05, 4.69) is 45.9 Å². The van der Waals surface area contributed by atoms with Crippen LogP contribution in [0.2, 0.25) is 0 Å². The van der Waals surface area contributed by atoms with Crippen molar-refractivity contribution in [1.82, 2.24) is 0 Å². The molecule has 0 radical (unpaired) electrons. The first-order valence-electron chi connectivity index (χ1n) is 18.7. The maximum Gasteiger partial charge on any atom is 0.346 e. The topological polar surface area (TPSA) is 81.7 Å². The average Bonchev–Trinajstić information content (AvgIpc) is 3.42. The van der Waals surface area contributed by atoms with Gasteiger partial charge in [-0.25, -0.2) is 25.4 Å². The summed E-state index contributed by atoms with van der Waals surface area (Å²) in [5.41, 5.74) is 5.61. The number of aryl methyl sites for hydroxylation is 2. The molecule has 2 heterocycles. The van der Waals surface area contributed by atoms with Gasteiger partial charge in [-0.3, -0.25) is 0 Å². The molecule has 0 aromatic heterocycles. The van der Waals surface area contributed by atoms with E-state index in [4.69, 9.17) is 33.5 Å². The fourth-order valence-electron chi connectivity index (χ4n) is 8.60. The summed E-state index contributed by atoms with van der Waals surface area (Å²) in [6.45, 7) is 15.8. The minimum Gasteiger partial charge on any atom is -0.525 e. The SMILES string of the molecule is Cc1cc2c(cc1OOCc1ccc(OC[C-]3COC3)cc1F)C1(CC2(C)C)CC(C)(C)c2cc(C)c(OC(=O)c3ccc(OC[C-]4COC4)cc3F)cc21.[W].[W]. The van der Waals surface area contributed by atoms with Gasteiger partial charge in [0.15, 0.2) is 5.75 Å². The van der Waals surface area contributed by atoms with Crippen LogP contribution in [0.3, 0.4) is 0 Å². The van der Waals surface area contributed by atoms with Gasteiger partial charge in [-0.1, -0.05) is 66.3 Å². The Labute approximate surface area is 361 Å². The second-order valence-corrected chi connectivity index (χ2v) is 16.7. The number of fused-ring (bicyclic) bond motifs is 4. The molecule has 2 saturated heterocycles. The van der Waals surface area contributed by atoms with E-state index >= 15 is 4.39 Å². The van der Waals surface area contributed by atoms with Crippen LogP contribution >= 0.6 is 0 Å². The van der Waals surface area contributed by atoms with Crippen molar-refractivity contribution < 1.29 is 89.2 Å².